The molecule has 3 aromatic rings. The first-order chi connectivity index (χ1) is 14.2. The van der Waals surface area contributed by atoms with E-state index in [2.05, 4.69) is 10.4 Å². The molecule has 9 heteroatoms. The summed E-state index contributed by atoms with van der Waals surface area (Å²) < 4.78 is 29.9. The van der Waals surface area contributed by atoms with Crippen LogP contribution in [0.1, 0.15) is 0 Å². The van der Waals surface area contributed by atoms with E-state index in [9.17, 15) is 13.2 Å². The molecule has 3 rings (SSSR count). The molecule has 2 aromatic carbocycles. The Hall–Kier alpha value is -3.33. The average Bonchev–Trinajstić information content (AvgIpc) is 3.11. The molecule has 0 spiro atoms. The molecule has 0 aliphatic rings. The van der Waals surface area contributed by atoms with Gasteiger partial charge in [-0.05, 0) is 42.0 Å². The van der Waals surface area contributed by atoms with E-state index in [1.807, 2.05) is 49.5 Å². The molecule has 1 amide bonds. The van der Waals surface area contributed by atoms with Crippen molar-refractivity contribution in [3.8, 4) is 16.9 Å². The Balaban J connectivity index is 1.76. The van der Waals surface area contributed by atoms with E-state index in [1.165, 1.54) is 12.1 Å². The fraction of sp³-hybridized carbons (Fsp3) is 0.238. The molecule has 0 unspecified atom stereocenters. The summed E-state index contributed by atoms with van der Waals surface area (Å²) in [5.41, 5.74) is 2.37. The van der Waals surface area contributed by atoms with Crippen molar-refractivity contribution in [2.45, 2.75) is 11.4 Å². The molecule has 0 saturated heterocycles. The number of hydrogen-bond donors (Lipinski definition) is 1. The summed E-state index contributed by atoms with van der Waals surface area (Å²) in [6.45, 7) is 0.0187. The highest BCUT2D eigenvalue weighted by Gasteiger charge is 2.15. The second-order valence-electron chi connectivity index (χ2n) is 7.03. The Morgan fingerprint density at radius 1 is 1.10 bits per heavy atom. The van der Waals surface area contributed by atoms with Gasteiger partial charge in [-0.3, -0.25) is 9.48 Å². The maximum Gasteiger partial charge on any atom is 0.246 e. The zero-order valence-electron chi connectivity index (χ0n) is 17.3. The van der Waals surface area contributed by atoms with E-state index in [0.717, 1.165) is 29.0 Å². The summed E-state index contributed by atoms with van der Waals surface area (Å²) in [6, 6.07) is 13.7. The van der Waals surface area contributed by atoms with Crippen LogP contribution in [0, 0.1) is 0 Å². The SMILES string of the molecule is COc1ccc(-c2cn(CC(=O)Nc3ccc(S(C)(=O)=O)cc3)nc2N(C)C)cc1. The van der Waals surface area contributed by atoms with Crippen LogP contribution in [-0.4, -0.2) is 51.6 Å². The van der Waals surface area contributed by atoms with Crippen LogP contribution in [0.2, 0.25) is 0 Å². The van der Waals surface area contributed by atoms with E-state index in [1.54, 1.807) is 23.9 Å². The maximum absolute atomic E-state index is 12.5. The van der Waals surface area contributed by atoms with Crippen molar-refractivity contribution in [2.75, 3.05) is 37.7 Å². The molecule has 0 radical (unpaired) electrons. The first kappa shape index (κ1) is 21.4. The lowest BCUT2D eigenvalue weighted by atomic mass is 10.1. The molecule has 1 heterocycles. The van der Waals surface area contributed by atoms with E-state index in [0.29, 0.717) is 5.69 Å². The van der Waals surface area contributed by atoms with Crippen LogP contribution in [0.15, 0.2) is 59.6 Å². The molecule has 0 atom stereocenters. The quantitative estimate of drug-likeness (QED) is 0.622. The van der Waals surface area contributed by atoms with E-state index in [4.69, 9.17) is 4.74 Å². The van der Waals surface area contributed by atoms with Gasteiger partial charge in [0, 0.05) is 37.8 Å². The van der Waals surface area contributed by atoms with Gasteiger partial charge < -0.3 is 15.0 Å². The number of anilines is 2. The number of carbonyl (C=O) groups is 1. The lowest BCUT2D eigenvalue weighted by Crippen LogP contribution is -2.19. The summed E-state index contributed by atoms with van der Waals surface area (Å²) in [4.78, 5) is 14.5. The lowest BCUT2D eigenvalue weighted by molar-refractivity contribution is -0.116. The number of rotatable bonds is 7. The van der Waals surface area contributed by atoms with Crippen molar-refractivity contribution in [1.29, 1.82) is 0 Å². The minimum Gasteiger partial charge on any atom is -0.497 e. The smallest absolute Gasteiger partial charge is 0.246 e. The van der Waals surface area contributed by atoms with Crippen LogP contribution in [-0.2, 0) is 21.2 Å². The molecule has 0 aliphatic carbocycles. The van der Waals surface area contributed by atoms with Crippen molar-refractivity contribution in [3.63, 3.8) is 0 Å². The molecule has 0 aliphatic heterocycles. The van der Waals surface area contributed by atoms with E-state index in [-0.39, 0.29) is 17.3 Å². The number of aromatic nitrogens is 2. The van der Waals surface area contributed by atoms with Gasteiger partial charge in [0.2, 0.25) is 5.91 Å². The molecular weight excluding hydrogens is 404 g/mol. The first-order valence-electron chi connectivity index (χ1n) is 9.16. The van der Waals surface area contributed by atoms with Crippen molar-refractivity contribution in [2.24, 2.45) is 0 Å². The zero-order valence-corrected chi connectivity index (χ0v) is 18.1. The highest BCUT2D eigenvalue weighted by molar-refractivity contribution is 7.90. The molecule has 0 saturated carbocycles. The summed E-state index contributed by atoms with van der Waals surface area (Å²) in [5.74, 6) is 1.24. The Bertz CT molecular complexity index is 1130. The van der Waals surface area contributed by atoms with Gasteiger partial charge in [-0.25, -0.2) is 8.42 Å². The van der Waals surface area contributed by atoms with Gasteiger partial charge in [-0.2, -0.15) is 5.10 Å². The second kappa shape index (κ2) is 8.58. The summed E-state index contributed by atoms with van der Waals surface area (Å²) >= 11 is 0. The number of ether oxygens (including phenoxy) is 1. The van der Waals surface area contributed by atoms with Crippen LogP contribution >= 0.6 is 0 Å². The zero-order chi connectivity index (χ0) is 21.9. The number of methoxy groups -OCH3 is 1. The predicted octanol–water partition coefficient (Wildman–Crippen LogP) is 2.67. The number of nitrogens with one attached hydrogen (secondary N) is 1. The topological polar surface area (TPSA) is 93.5 Å². The van der Waals surface area contributed by atoms with Gasteiger partial charge in [-0.15, -0.1) is 0 Å². The molecule has 158 valence electrons. The predicted molar refractivity (Wildman–Crippen MR) is 117 cm³/mol. The Kier molecular flexibility index (Phi) is 6.12. The Morgan fingerprint density at radius 3 is 2.27 bits per heavy atom. The highest BCUT2D eigenvalue weighted by atomic mass is 32.2. The number of amides is 1. The molecule has 0 bridgehead atoms. The average molecular weight is 429 g/mol. The van der Waals surface area contributed by atoms with Gasteiger partial charge in [0.15, 0.2) is 15.7 Å². The minimum atomic E-state index is -3.28. The van der Waals surface area contributed by atoms with Crippen molar-refractivity contribution in [3.05, 3.63) is 54.7 Å². The van der Waals surface area contributed by atoms with Crippen LogP contribution in [0.4, 0.5) is 11.5 Å². The van der Waals surface area contributed by atoms with Crippen LogP contribution in [0.25, 0.3) is 11.1 Å². The minimum absolute atomic E-state index is 0.0187. The summed E-state index contributed by atoms with van der Waals surface area (Å²) in [6.07, 6.45) is 2.96. The van der Waals surface area contributed by atoms with Crippen LogP contribution in [0.5, 0.6) is 5.75 Å². The maximum atomic E-state index is 12.5. The first-order valence-corrected chi connectivity index (χ1v) is 11.1. The molecule has 0 fully saturated rings. The third-order valence-corrected chi connectivity index (χ3v) is 5.57. The molecule has 1 N–H and O–H groups in total. The molecular formula is C21H24N4O4S. The lowest BCUT2D eigenvalue weighted by Gasteiger charge is -2.11. The monoisotopic (exact) mass is 428 g/mol. The third kappa shape index (κ3) is 4.98. The number of nitrogens with zero attached hydrogens (tertiary/aromatic N) is 3. The van der Waals surface area contributed by atoms with Gasteiger partial charge in [0.1, 0.15) is 12.3 Å². The van der Waals surface area contributed by atoms with Crippen LogP contribution < -0.4 is 15.0 Å². The number of benzene rings is 2. The molecule has 8 nitrogen and oxygen atoms in total. The summed E-state index contributed by atoms with van der Waals surface area (Å²) in [7, 11) is 2.12. The molecule has 30 heavy (non-hydrogen) atoms. The third-order valence-electron chi connectivity index (χ3n) is 4.44. The fourth-order valence-electron chi connectivity index (χ4n) is 2.93. The Morgan fingerprint density at radius 2 is 1.73 bits per heavy atom. The van der Waals surface area contributed by atoms with Gasteiger partial charge >= 0.3 is 0 Å². The van der Waals surface area contributed by atoms with Gasteiger partial charge in [0.05, 0.1) is 12.0 Å². The second-order valence-corrected chi connectivity index (χ2v) is 9.05. The highest BCUT2D eigenvalue weighted by Crippen LogP contribution is 2.30. The van der Waals surface area contributed by atoms with Crippen molar-refractivity contribution >= 4 is 27.2 Å². The number of carbonyl (C=O) groups excluding carboxylic acids is 1. The van der Waals surface area contributed by atoms with Crippen molar-refractivity contribution < 1.29 is 17.9 Å². The van der Waals surface area contributed by atoms with Crippen LogP contribution in [0.3, 0.4) is 0 Å². The van der Waals surface area contributed by atoms with E-state index >= 15 is 0 Å². The number of hydrogen-bond acceptors (Lipinski definition) is 6. The largest absolute Gasteiger partial charge is 0.497 e. The normalized spacial score (nSPS) is 11.2. The number of sulfone groups is 1. The molecule has 1 aromatic heterocycles. The summed E-state index contributed by atoms with van der Waals surface area (Å²) in [5, 5.41) is 7.29. The Labute approximate surface area is 176 Å². The standard InChI is InChI=1S/C21H24N4O4S/c1-24(2)21-19(15-5-9-17(29-3)10-6-15)13-25(23-21)14-20(26)22-16-7-11-18(12-8-16)30(4,27)28/h5-13H,14H2,1-4H3,(H,22,26). The van der Waals surface area contributed by atoms with Crippen molar-refractivity contribution in [1.82, 2.24) is 9.78 Å². The van der Waals surface area contributed by atoms with Gasteiger partial charge in [-0.1, -0.05) is 12.1 Å². The van der Waals surface area contributed by atoms with Gasteiger partial charge in [0.25, 0.3) is 0 Å². The van der Waals surface area contributed by atoms with E-state index < -0.39 is 9.84 Å². The fourth-order valence-corrected chi connectivity index (χ4v) is 3.56.